The van der Waals surface area contributed by atoms with E-state index in [-0.39, 0.29) is 5.69 Å². The molecule has 0 bridgehead atoms. The lowest BCUT2D eigenvalue weighted by Crippen LogP contribution is -2.14. The van der Waals surface area contributed by atoms with Crippen molar-refractivity contribution < 1.29 is 4.79 Å². The molecule has 0 aliphatic carbocycles. The van der Waals surface area contributed by atoms with Crippen LogP contribution in [0.25, 0.3) is 16.9 Å². The van der Waals surface area contributed by atoms with Crippen molar-refractivity contribution in [3.63, 3.8) is 0 Å². The molecule has 156 valence electrons. The number of amides is 1. The summed E-state index contributed by atoms with van der Waals surface area (Å²) in [6.45, 7) is 2.10. The van der Waals surface area contributed by atoms with Gasteiger partial charge in [-0.2, -0.15) is 5.10 Å². The van der Waals surface area contributed by atoms with Gasteiger partial charge >= 0.3 is 0 Å². The Kier molecular flexibility index (Phi) is 5.93. The van der Waals surface area contributed by atoms with Gasteiger partial charge in [0, 0.05) is 17.4 Å². The fourth-order valence-corrected chi connectivity index (χ4v) is 3.89. The molecule has 0 aliphatic rings. The smallest absolute Gasteiger partial charge is 0.271 e. The molecular weight excluding hydrogens is 433 g/mol. The number of aromatic nitrogens is 3. The Hall–Kier alpha value is -3.35. The highest BCUT2D eigenvalue weighted by Crippen LogP contribution is 2.31. The highest BCUT2D eigenvalue weighted by Gasteiger charge is 2.18. The number of rotatable bonds is 6. The Morgan fingerprint density at radius 1 is 1.06 bits per heavy atom. The number of para-hydroxylation sites is 1. The molecular formula is C23H19Cl2N5O. The van der Waals surface area contributed by atoms with Gasteiger partial charge < -0.3 is 11.1 Å². The van der Waals surface area contributed by atoms with Crippen LogP contribution in [0.2, 0.25) is 10.0 Å². The summed E-state index contributed by atoms with van der Waals surface area (Å²) in [7, 11) is 0. The Morgan fingerprint density at radius 3 is 2.42 bits per heavy atom. The lowest BCUT2D eigenvalue weighted by atomic mass is 10.0. The minimum atomic E-state index is -0.665. The Morgan fingerprint density at radius 2 is 1.77 bits per heavy atom. The molecule has 8 heteroatoms. The normalized spacial score (nSPS) is 10.8. The predicted octanol–water partition coefficient (Wildman–Crippen LogP) is 5.65. The molecule has 0 atom stereocenters. The number of benzene rings is 2. The molecule has 0 aliphatic heterocycles. The SMILES string of the molecule is CCc1cccnc1-c1ccc(Nc2cn(-c3c(Cl)cccc3Cl)nc2C(N)=O)cc1. The molecule has 2 heterocycles. The van der Waals surface area contributed by atoms with Crippen LogP contribution in [0, 0.1) is 0 Å². The summed E-state index contributed by atoms with van der Waals surface area (Å²) in [5.41, 5.74) is 10.5. The second-order valence-electron chi connectivity index (χ2n) is 6.84. The van der Waals surface area contributed by atoms with Gasteiger partial charge in [0.15, 0.2) is 5.69 Å². The van der Waals surface area contributed by atoms with Gasteiger partial charge in [0.05, 0.1) is 27.6 Å². The first-order valence-corrected chi connectivity index (χ1v) is 10.4. The molecule has 2 aromatic heterocycles. The molecule has 0 saturated carbocycles. The van der Waals surface area contributed by atoms with Gasteiger partial charge in [-0.05, 0) is 42.3 Å². The standard InChI is InChI=1S/C23H19Cl2N5O/c1-2-14-5-4-12-27-20(14)15-8-10-16(11-9-15)28-19-13-30(29-21(19)23(26)31)22-17(24)6-3-7-18(22)25/h3-13,28H,2H2,1H3,(H2,26,31). The second kappa shape index (κ2) is 8.79. The van der Waals surface area contributed by atoms with Crippen molar-refractivity contribution in [1.82, 2.24) is 14.8 Å². The third kappa shape index (κ3) is 4.26. The fourth-order valence-electron chi connectivity index (χ4n) is 3.32. The molecule has 0 radical (unpaired) electrons. The fraction of sp³-hybridized carbons (Fsp3) is 0.0870. The average molecular weight is 452 g/mol. The number of hydrogen-bond donors (Lipinski definition) is 2. The van der Waals surface area contributed by atoms with Crippen molar-refractivity contribution >= 4 is 40.5 Å². The number of pyridine rings is 1. The van der Waals surface area contributed by atoms with E-state index in [4.69, 9.17) is 28.9 Å². The van der Waals surface area contributed by atoms with Crippen molar-refractivity contribution in [3.05, 3.63) is 88.3 Å². The maximum absolute atomic E-state index is 12.0. The van der Waals surface area contributed by atoms with Crippen LogP contribution in [0.15, 0.2) is 67.0 Å². The molecule has 4 rings (SSSR count). The molecule has 3 N–H and O–H groups in total. The Bertz CT molecular complexity index is 1230. The molecule has 0 fully saturated rings. The van der Waals surface area contributed by atoms with Crippen LogP contribution in [0.4, 0.5) is 11.4 Å². The van der Waals surface area contributed by atoms with Crippen molar-refractivity contribution in [2.24, 2.45) is 5.73 Å². The number of carbonyl (C=O) groups is 1. The maximum Gasteiger partial charge on any atom is 0.271 e. The summed E-state index contributed by atoms with van der Waals surface area (Å²) in [6, 6.07) is 16.9. The molecule has 6 nitrogen and oxygen atoms in total. The van der Waals surface area contributed by atoms with Crippen molar-refractivity contribution in [2.75, 3.05) is 5.32 Å². The Balaban J connectivity index is 1.66. The van der Waals surface area contributed by atoms with Gasteiger partial charge in [0.2, 0.25) is 0 Å². The lowest BCUT2D eigenvalue weighted by Gasteiger charge is -2.09. The monoisotopic (exact) mass is 451 g/mol. The minimum Gasteiger partial charge on any atom is -0.364 e. The maximum atomic E-state index is 12.0. The highest BCUT2D eigenvalue weighted by atomic mass is 35.5. The number of nitrogens with two attached hydrogens (primary N) is 1. The van der Waals surface area contributed by atoms with Gasteiger partial charge in [-0.15, -0.1) is 0 Å². The van der Waals surface area contributed by atoms with Gasteiger partial charge in [-0.1, -0.05) is 54.4 Å². The van der Waals surface area contributed by atoms with Crippen LogP contribution in [0.5, 0.6) is 0 Å². The van der Waals surface area contributed by atoms with Crippen LogP contribution in [-0.4, -0.2) is 20.7 Å². The molecule has 0 spiro atoms. The first-order valence-electron chi connectivity index (χ1n) is 9.63. The molecule has 1 amide bonds. The zero-order chi connectivity index (χ0) is 22.0. The number of halogens is 2. The summed E-state index contributed by atoms with van der Waals surface area (Å²) in [6.07, 6.45) is 4.32. The largest absolute Gasteiger partial charge is 0.364 e. The van der Waals surface area contributed by atoms with Gasteiger partial charge in [-0.25, -0.2) is 4.68 Å². The summed E-state index contributed by atoms with van der Waals surface area (Å²) >= 11 is 12.6. The molecule has 2 aromatic carbocycles. The number of nitrogens with one attached hydrogen (secondary N) is 1. The number of carbonyl (C=O) groups excluding carboxylic acids is 1. The number of anilines is 2. The zero-order valence-corrected chi connectivity index (χ0v) is 18.2. The first kappa shape index (κ1) is 20.9. The van der Waals surface area contributed by atoms with Crippen LogP contribution < -0.4 is 11.1 Å². The number of primary amides is 1. The van der Waals surface area contributed by atoms with E-state index in [0.29, 0.717) is 21.4 Å². The molecule has 31 heavy (non-hydrogen) atoms. The molecule has 4 aromatic rings. The van der Waals surface area contributed by atoms with E-state index in [0.717, 1.165) is 23.4 Å². The summed E-state index contributed by atoms with van der Waals surface area (Å²) in [5.74, 6) is -0.665. The molecule has 0 saturated heterocycles. The van der Waals surface area contributed by atoms with E-state index in [1.807, 2.05) is 30.3 Å². The Labute approximate surface area is 189 Å². The minimum absolute atomic E-state index is 0.0815. The van der Waals surface area contributed by atoms with Crippen molar-refractivity contribution in [1.29, 1.82) is 0 Å². The zero-order valence-electron chi connectivity index (χ0n) is 16.6. The highest BCUT2D eigenvalue weighted by molar-refractivity contribution is 6.37. The summed E-state index contributed by atoms with van der Waals surface area (Å²) < 4.78 is 1.45. The number of aryl methyl sites for hydroxylation is 1. The summed E-state index contributed by atoms with van der Waals surface area (Å²) in [4.78, 5) is 16.5. The van der Waals surface area contributed by atoms with Crippen molar-refractivity contribution in [2.45, 2.75) is 13.3 Å². The number of hydrogen-bond acceptors (Lipinski definition) is 4. The van der Waals surface area contributed by atoms with Gasteiger partial charge in [-0.3, -0.25) is 9.78 Å². The lowest BCUT2D eigenvalue weighted by molar-refractivity contribution is 0.0996. The van der Waals surface area contributed by atoms with Gasteiger partial charge in [0.1, 0.15) is 5.69 Å². The van der Waals surface area contributed by atoms with E-state index >= 15 is 0 Å². The van der Waals surface area contributed by atoms with E-state index in [9.17, 15) is 4.79 Å². The first-order chi connectivity index (χ1) is 15.0. The van der Waals surface area contributed by atoms with Crippen LogP contribution in [-0.2, 0) is 6.42 Å². The van der Waals surface area contributed by atoms with E-state index < -0.39 is 5.91 Å². The second-order valence-corrected chi connectivity index (χ2v) is 7.65. The van der Waals surface area contributed by atoms with E-state index in [1.165, 1.54) is 10.2 Å². The third-order valence-electron chi connectivity index (χ3n) is 4.82. The van der Waals surface area contributed by atoms with Gasteiger partial charge in [0.25, 0.3) is 5.91 Å². The number of nitrogens with zero attached hydrogens (tertiary/aromatic N) is 3. The van der Waals surface area contributed by atoms with Crippen LogP contribution >= 0.6 is 23.2 Å². The van der Waals surface area contributed by atoms with E-state index in [2.05, 4.69) is 28.4 Å². The van der Waals surface area contributed by atoms with Crippen LogP contribution in [0.3, 0.4) is 0 Å². The topological polar surface area (TPSA) is 85.8 Å². The average Bonchev–Trinajstić information content (AvgIpc) is 3.17. The molecule has 0 unspecified atom stereocenters. The van der Waals surface area contributed by atoms with Crippen LogP contribution in [0.1, 0.15) is 23.0 Å². The summed E-state index contributed by atoms with van der Waals surface area (Å²) in [5, 5.41) is 8.30. The third-order valence-corrected chi connectivity index (χ3v) is 5.43. The van der Waals surface area contributed by atoms with E-state index in [1.54, 1.807) is 30.6 Å². The predicted molar refractivity (Wildman–Crippen MR) is 124 cm³/mol. The van der Waals surface area contributed by atoms with Crippen molar-refractivity contribution in [3.8, 4) is 16.9 Å². The quantitative estimate of drug-likeness (QED) is 0.396.